The molecular formula is C17H25NO3. The number of allylic oxidation sites excluding steroid dienone is 3. The number of ketones is 1. The Morgan fingerprint density at radius 3 is 2.67 bits per heavy atom. The summed E-state index contributed by atoms with van der Waals surface area (Å²) in [6, 6.07) is 0. The van der Waals surface area contributed by atoms with Crippen LogP contribution < -0.4 is 0 Å². The molecule has 21 heavy (non-hydrogen) atoms. The number of rotatable bonds is 2. The molecule has 4 heteroatoms. The molecule has 4 nitrogen and oxygen atoms in total. The summed E-state index contributed by atoms with van der Waals surface area (Å²) in [5.74, 6) is -0.384. The molecule has 0 bridgehead atoms. The van der Waals surface area contributed by atoms with Gasteiger partial charge in [-0.2, -0.15) is 0 Å². The maximum atomic E-state index is 12.2. The SMILES string of the molecule is CC1=C2C(O)C(C(C)C(=O)N(C)C)CCC2(C)C=CC1=O. The fourth-order valence-corrected chi connectivity index (χ4v) is 3.77. The highest BCUT2D eigenvalue weighted by molar-refractivity contribution is 6.05. The average Bonchev–Trinajstić information content (AvgIpc) is 2.42. The summed E-state index contributed by atoms with van der Waals surface area (Å²) >= 11 is 0. The number of fused-ring (bicyclic) bond motifs is 1. The molecule has 1 amide bonds. The Hall–Kier alpha value is -1.42. The smallest absolute Gasteiger partial charge is 0.225 e. The van der Waals surface area contributed by atoms with Gasteiger partial charge in [-0.1, -0.05) is 19.9 Å². The summed E-state index contributed by atoms with van der Waals surface area (Å²) in [4.78, 5) is 25.7. The highest BCUT2D eigenvalue weighted by Gasteiger charge is 2.46. The highest BCUT2D eigenvalue weighted by Crippen LogP contribution is 2.49. The Balaban J connectivity index is 2.35. The second-order valence-corrected chi connectivity index (χ2v) is 6.82. The highest BCUT2D eigenvalue weighted by atomic mass is 16.3. The molecule has 1 fully saturated rings. The molecule has 2 aliphatic rings. The average molecular weight is 291 g/mol. The number of carbonyl (C=O) groups excluding carboxylic acids is 2. The van der Waals surface area contributed by atoms with E-state index in [1.165, 1.54) is 0 Å². The number of hydrogen-bond acceptors (Lipinski definition) is 3. The number of amides is 1. The van der Waals surface area contributed by atoms with Crippen molar-refractivity contribution in [3.05, 3.63) is 23.3 Å². The minimum absolute atomic E-state index is 0.0265. The lowest BCUT2D eigenvalue weighted by atomic mass is 9.61. The van der Waals surface area contributed by atoms with E-state index < -0.39 is 6.10 Å². The fourth-order valence-electron chi connectivity index (χ4n) is 3.77. The maximum absolute atomic E-state index is 12.2. The van der Waals surface area contributed by atoms with E-state index in [2.05, 4.69) is 6.92 Å². The Morgan fingerprint density at radius 2 is 2.10 bits per heavy atom. The van der Waals surface area contributed by atoms with Crippen LogP contribution in [0.1, 0.15) is 33.6 Å². The molecule has 116 valence electrons. The zero-order chi connectivity index (χ0) is 15.9. The van der Waals surface area contributed by atoms with Crippen LogP contribution in [0.2, 0.25) is 0 Å². The number of aliphatic hydroxyl groups is 1. The van der Waals surface area contributed by atoms with Gasteiger partial charge in [-0.15, -0.1) is 0 Å². The predicted molar refractivity (Wildman–Crippen MR) is 81.5 cm³/mol. The van der Waals surface area contributed by atoms with Crippen LogP contribution in [-0.2, 0) is 9.59 Å². The Kier molecular flexibility index (Phi) is 4.11. The van der Waals surface area contributed by atoms with Gasteiger partial charge >= 0.3 is 0 Å². The van der Waals surface area contributed by atoms with E-state index in [9.17, 15) is 14.7 Å². The first-order chi connectivity index (χ1) is 9.69. The van der Waals surface area contributed by atoms with E-state index in [-0.39, 0.29) is 28.9 Å². The zero-order valence-corrected chi connectivity index (χ0v) is 13.5. The number of carbonyl (C=O) groups is 2. The molecule has 0 heterocycles. The molecule has 0 radical (unpaired) electrons. The van der Waals surface area contributed by atoms with Crippen molar-refractivity contribution in [3.63, 3.8) is 0 Å². The molecule has 4 unspecified atom stereocenters. The summed E-state index contributed by atoms with van der Waals surface area (Å²) < 4.78 is 0. The lowest BCUT2D eigenvalue weighted by molar-refractivity contribution is -0.136. The molecule has 2 rings (SSSR count). The number of hydrogen-bond donors (Lipinski definition) is 1. The van der Waals surface area contributed by atoms with Crippen LogP contribution in [0.5, 0.6) is 0 Å². The largest absolute Gasteiger partial charge is 0.388 e. The van der Waals surface area contributed by atoms with Crippen LogP contribution in [0.4, 0.5) is 0 Å². The number of nitrogens with zero attached hydrogens (tertiary/aromatic N) is 1. The van der Waals surface area contributed by atoms with E-state index in [0.29, 0.717) is 5.57 Å². The summed E-state index contributed by atoms with van der Waals surface area (Å²) in [7, 11) is 3.46. The van der Waals surface area contributed by atoms with E-state index in [1.54, 1.807) is 32.0 Å². The third kappa shape index (κ3) is 2.57. The van der Waals surface area contributed by atoms with Gasteiger partial charge in [0.25, 0.3) is 0 Å². The van der Waals surface area contributed by atoms with Crippen LogP contribution >= 0.6 is 0 Å². The van der Waals surface area contributed by atoms with E-state index in [4.69, 9.17) is 0 Å². The van der Waals surface area contributed by atoms with E-state index in [1.807, 2.05) is 13.0 Å². The molecule has 1 saturated carbocycles. The first-order valence-corrected chi connectivity index (χ1v) is 7.53. The van der Waals surface area contributed by atoms with Crippen molar-refractivity contribution >= 4 is 11.7 Å². The van der Waals surface area contributed by atoms with Gasteiger partial charge in [0.1, 0.15) is 0 Å². The Labute approximate surface area is 126 Å². The van der Waals surface area contributed by atoms with Gasteiger partial charge in [0.05, 0.1) is 6.10 Å². The molecule has 0 spiro atoms. The summed E-state index contributed by atoms with van der Waals surface area (Å²) in [6.07, 6.45) is 4.44. The molecule has 1 N–H and O–H groups in total. The summed E-state index contributed by atoms with van der Waals surface area (Å²) in [6.45, 7) is 5.71. The van der Waals surface area contributed by atoms with Crippen molar-refractivity contribution < 1.29 is 14.7 Å². The van der Waals surface area contributed by atoms with Crippen LogP contribution in [0, 0.1) is 17.3 Å². The summed E-state index contributed by atoms with van der Waals surface area (Å²) in [5, 5.41) is 10.8. The van der Waals surface area contributed by atoms with Gasteiger partial charge in [-0.05, 0) is 37.0 Å². The second-order valence-electron chi connectivity index (χ2n) is 6.82. The van der Waals surface area contributed by atoms with Gasteiger partial charge in [-0.3, -0.25) is 9.59 Å². The van der Waals surface area contributed by atoms with Gasteiger partial charge in [0, 0.05) is 31.3 Å². The lowest BCUT2D eigenvalue weighted by Crippen LogP contribution is -2.45. The van der Waals surface area contributed by atoms with Crippen molar-refractivity contribution in [2.24, 2.45) is 17.3 Å². The van der Waals surface area contributed by atoms with Crippen molar-refractivity contribution in [1.29, 1.82) is 0 Å². The van der Waals surface area contributed by atoms with Gasteiger partial charge in [0.2, 0.25) is 5.91 Å². The number of aliphatic hydroxyl groups excluding tert-OH is 1. The van der Waals surface area contributed by atoms with Gasteiger partial charge in [0.15, 0.2) is 5.78 Å². The molecule has 0 saturated heterocycles. The Morgan fingerprint density at radius 1 is 1.48 bits per heavy atom. The molecule has 0 aliphatic heterocycles. The van der Waals surface area contributed by atoms with Gasteiger partial charge in [-0.25, -0.2) is 0 Å². The monoisotopic (exact) mass is 291 g/mol. The molecule has 0 aromatic heterocycles. The third-order valence-corrected chi connectivity index (χ3v) is 5.16. The normalized spacial score (nSPS) is 33.7. The fraction of sp³-hybridized carbons (Fsp3) is 0.647. The lowest BCUT2D eigenvalue weighted by Gasteiger charge is -2.45. The minimum Gasteiger partial charge on any atom is -0.388 e. The zero-order valence-electron chi connectivity index (χ0n) is 13.5. The van der Waals surface area contributed by atoms with Crippen molar-refractivity contribution in [2.75, 3.05) is 14.1 Å². The van der Waals surface area contributed by atoms with Gasteiger partial charge < -0.3 is 10.0 Å². The van der Waals surface area contributed by atoms with Crippen LogP contribution in [0.3, 0.4) is 0 Å². The van der Waals surface area contributed by atoms with E-state index in [0.717, 1.165) is 18.4 Å². The first kappa shape index (κ1) is 16.0. The molecule has 0 aromatic rings. The van der Waals surface area contributed by atoms with Crippen molar-refractivity contribution in [2.45, 2.75) is 39.7 Å². The Bertz CT molecular complexity index is 532. The van der Waals surface area contributed by atoms with Crippen LogP contribution in [0.15, 0.2) is 23.3 Å². The van der Waals surface area contributed by atoms with E-state index >= 15 is 0 Å². The molecular weight excluding hydrogens is 266 g/mol. The molecule has 4 atom stereocenters. The molecule has 2 aliphatic carbocycles. The third-order valence-electron chi connectivity index (χ3n) is 5.16. The quantitative estimate of drug-likeness (QED) is 0.846. The molecule has 0 aromatic carbocycles. The second kappa shape index (κ2) is 5.41. The maximum Gasteiger partial charge on any atom is 0.225 e. The van der Waals surface area contributed by atoms with Crippen LogP contribution in [0.25, 0.3) is 0 Å². The minimum atomic E-state index is -0.725. The van der Waals surface area contributed by atoms with Crippen LogP contribution in [-0.4, -0.2) is 41.9 Å². The first-order valence-electron chi connectivity index (χ1n) is 7.53. The standard InChI is InChI=1S/C17H25NO3/c1-10(16(21)18(4)5)12-6-8-17(3)9-7-13(19)11(2)14(17)15(12)20/h7,9-10,12,15,20H,6,8H2,1-5H3. The predicted octanol–water partition coefficient (Wildman–Crippen LogP) is 1.94. The topological polar surface area (TPSA) is 57.6 Å². The van der Waals surface area contributed by atoms with Crippen molar-refractivity contribution in [1.82, 2.24) is 4.90 Å². The van der Waals surface area contributed by atoms with Crippen molar-refractivity contribution in [3.8, 4) is 0 Å². The summed E-state index contributed by atoms with van der Waals surface area (Å²) in [5.41, 5.74) is 1.20.